The Kier molecular flexibility index (Phi) is 6.66. The van der Waals surface area contributed by atoms with E-state index in [1.807, 2.05) is 0 Å². The Morgan fingerprint density at radius 2 is 1.19 bits per heavy atom. The minimum atomic E-state index is -0.368. The van der Waals surface area contributed by atoms with Crippen molar-refractivity contribution in [3.8, 4) is 22.3 Å². The van der Waals surface area contributed by atoms with Gasteiger partial charge in [-0.15, -0.1) is 0 Å². The molecule has 0 radical (unpaired) electrons. The number of benzene rings is 5. The van der Waals surface area contributed by atoms with E-state index in [1.54, 1.807) is 0 Å². The molecule has 0 fully saturated rings. The van der Waals surface area contributed by atoms with E-state index in [9.17, 15) is 0 Å². The summed E-state index contributed by atoms with van der Waals surface area (Å²) in [5.41, 5.74) is 18.9. The summed E-state index contributed by atoms with van der Waals surface area (Å²) in [5.74, 6) is 1.47. The number of nitrogens with zero attached hydrogens (tertiary/aromatic N) is 1. The molecule has 6 aliphatic carbocycles. The van der Waals surface area contributed by atoms with Crippen LogP contribution in [0, 0.1) is 17.8 Å². The smallest absolute Gasteiger partial charge is 0.0726 e. The van der Waals surface area contributed by atoms with Crippen LogP contribution in [0.3, 0.4) is 0 Å². The van der Waals surface area contributed by atoms with Crippen LogP contribution in [0.5, 0.6) is 0 Å². The summed E-state index contributed by atoms with van der Waals surface area (Å²) in [6.07, 6.45) is 24.6. The zero-order chi connectivity index (χ0) is 35.3. The van der Waals surface area contributed by atoms with Gasteiger partial charge in [0, 0.05) is 17.0 Å². The quantitative estimate of drug-likeness (QED) is 0.179. The van der Waals surface area contributed by atoms with Crippen molar-refractivity contribution < 1.29 is 0 Å². The monoisotopic (exact) mass is 681 g/mol. The first-order valence-corrected chi connectivity index (χ1v) is 19.5. The highest BCUT2D eigenvalue weighted by Gasteiger charge is 2.52. The van der Waals surface area contributed by atoms with Gasteiger partial charge in [-0.1, -0.05) is 166 Å². The summed E-state index contributed by atoms with van der Waals surface area (Å²) in [5, 5.41) is 0. The summed E-state index contributed by atoms with van der Waals surface area (Å²) in [7, 11) is 0. The second kappa shape index (κ2) is 11.4. The fourth-order valence-corrected chi connectivity index (χ4v) is 11.1. The van der Waals surface area contributed by atoms with Gasteiger partial charge in [-0.25, -0.2) is 0 Å². The predicted octanol–water partition coefficient (Wildman–Crippen LogP) is 12.7. The molecule has 53 heavy (non-hydrogen) atoms. The predicted molar refractivity (Wildman–Crippen MR) is 221 cm³/mol. The lowest BCUT2D eigenvalue weighted by Gasteiger charge is -2.38. The van der Waals surface area contributed by atoms with Gasteiger partial charge in [0.2, 0.25) is 0 Å². The zero-order valence-electron chi connectivity index (χ0n) is 30.5. The van der Waals surface area contributed by atoms with Crippen LogP contribution in [0.15, 0.2) is 181 Å². The Bertz CT molecular complexity index is 2500. The van der Waals surface area contributed by atoms with E-state index in [2.05, 4.69) is 189 Å². The first kappa shape index (κ1) is 30.9. The standard InChI is InChI=1S/C52H43N/c1-51(2)43-21-10-6-17-38(43)41-32-31-37(33-48(41)51)53(36-29-27-35(28-30-36)34-15-4-3-5-16-34)49-26-14-25-47-50(49)42-20-9-13-24-46(42)52(47)44-22-11-7-18-39(44)40-19-8-12-23-45(40)52/h3-15,17-27,29-32,34-35,48H,16,28,33H2,1-2H3. The molecular weight excluding hydrogens is 639 g/mol. The van der Waals surface area contributed by atoms with Gasteiger partial charge in [0.15, 0.2) is 0 Å². The van der Waals surface area contributed by atoms with Crippen molar-refractivity contribution >= 4 is 11.3 Å². The molecule has 0 aromatic heterocycles. The molecule has 1 spiro atoms. The second-order valence-corrected chi connectivity index (χ2v) is 16.3. The highest BCUT2D eigenvalue weighted by molar-refractivity contribution is 5.99. The number of fused-ring (bicyclic) bond motifs is 13. The van der Waals surface area contributed by atoms with E-state index >= 15 is 0 Å². The largest absolute Gasteiger partial charge is 0.314 e. The molecule has 256 valence electrons. The number of hydrogen-bond donors (Lipinski definition) is 0. The number of hydrogen-bond acceptors (Lipinski definition) is 1. The molecule has 3 unspecified atom stereocenters. The maximum absolute atomic E-state index is 2.65. The Balaban J connectivity index is 1.13. The third kappa shape index (κ3) is 4.20. The topological polar surface area (TPSA) is 3.24 Å². The summed E-state index contributed by atoms with van der Waals surface area (Å²) in [6, 6.07) is 43.7. The molecule has 0 saturated carbocycles. The third-order valence-corrected chi connectivity index (χ3v) is 13.5. The highest BCUT2D eigenvalue weighted by atomic mass is 15.2. The van der Waals surface area contributed by atoms with Crippen LogP contribution < -0.4 is 4.90 Å². The van der Waals surface area contributed by atoms with E-state index in [-0.39, 0.29) is 10.8 Å². The zero-order valence-corrected chi connectivity index (χ0v) is 30.5. The van der Waals surface area contributed by atoms with Crippen LogP contribution in [-0.4, -0.2) is 0 Å². The lowest BCUT2D eigenvalue weighted by atomic mass is 9.70. The second-order valence-electron chi connectivity index (χ2n) is 16.3. The van der Waals surface area contributed by atoms with Crippen molar-refractivity contribution in [2.45, 2.75) is 43.9 Å². The van der Waals surface area contributed by atoms with Crippen molar-refractivity contribution in [2.75, 3.05) is 4.90 Å². The van der Waals surface area contributed by atoms with Crippen LogP contribution in [-0.2, 0) is 10.8 Å². The average molecular weight is 682 g/mol. The Morgan fingerprint density at radius 3 is 1.87 bits per heavy atom. The van der Waals surface area contributed by atoms with Crippen LogP contribution in [0.25, 0.3) is 27.8 Å². The molecule has 0 amide bonds. The van der Waals surface area contributed by atoms with Gasteiger partial charge < -0.3 is 4.90 Å². The van der Waals surface area contributed by atoms with Crippen molar-refractivity contribution in [3.63, 3.8) is 0 Å². The molecular formula is C52H43N. The minimum Gasteiger partial charge on any atom is -0.314 e. The van der Waals surface area contributed by atoms with Gasteiger partial charge in [-0.3, -0.25) is 0 Å². The van der Waals surface area contributed by atoms with Gasteiger partial charge in [0.1, 0.15) is 0 Å². The van der Waals surface area contributed by atoms with Crippen molar-refractivity contribution in [1.29, 1.82) is 0 Å². The van der Waals surface area contributed by atoms with E-state index in [1.165, 1.54) is 78.3 Å². The molecule has 0 N–H and O–H groups in total. The lowest BCUT2D eigenvalue weighted by molar-refractivity contribution is 0.406. The highest BCUT2D eigenvalue weighted by Crippen LogP contribution is 2.64. The normalized spacial score (nSPS) is 22.9. The average Bonchev–Trinajstić information content (AvgIpc) is 3.78. The van der Waals surface area contributed by atoms with E-state index in [0.717, 1.165) is 19.3 Å². The fourth-order valence-electron chi connectivity index (χ4n) is 11.1. The Morgan fingerprint density at radius 1 is 0.566 bits per heavy atom. The van der Waals surface area contributed by atoms with Crippen molar-refractivity contribution in [2.24, 2.45) is 17.8 Å². The first-order valence-electron chi connectivity index (χ1n) is 19.5. The number of rotatable bonds is 4. The summed E-state index contributed by atoms with van der Waals surface area (Å²) in [4.78, 5) is 2.65. The molecule has 6 aliphatic rings. The van der Waals surface area contributed by atoms with Gasteiger partial charge in [-0.05, 0) is 116 Å². The van der Waals surface area contributed by atoms with Gasteiger partial charge in [-0.2, -0.15) is 0 Å². The number of anilines is 1. The van der Waals surface area contributed by atoms with Crippen LogP contribution in [0.2, 0.25) is 0 Å². The molecule has 5 aromatic carbocycles. The van der Waals surface area contributed by atoms with Gasteiger partial charge in [0.05, 0.1) is 11.1 Å². The molecule has 1 nitrogen and oxygen atoms in total. The Hall–Kier alpha value is -5.66. The number of allylic oxidation sites excluding steroid dienone is 11. The van der Waals surface area contributed by atoms with Crippen molar-refractivity contribution in [3.05, 3.63) is 215 Å². The first-order chi connectivity index (χ1) is 26.1. The SMILES string of the molecule is CC1(C)c2ccccc2C2=CC=C(N(C3=CCC(C4C=CC=CC4)C=C3)c3cccc4c3-c3ccccc3C43c4ccccc4-c4ccccc43)CC21. The van der Waals surface area contributed by atoms with E-state index in [4.69, 9.17) is 0 Å². The van der Waals surface area contributed by atoms with Crippen LogP contribution in [0.4, 0.5) is 5.69 Å². The Labute approximate surface area is 313 Å². The summed E-state index contributed by atoms with van der Waals surface area (Å²) < 4.78 is 0. The van der Waals surface area contributed by atoms with Crippen LogP contribution in [0.1, 0.15) is 66.5 Å². The lowest BCUT2D eigenvalue weighted by Crippen LogP contribution is -2.31. The molecule has 3 atom stereocenters. The minimum absolute atomic E-state index is 0.0445. The maximum Gasteiger partial charge on any atom is 0.0726 e. The molecule has 5 aromatic rings. The molecule has 11 rings (SSSR count). The van der Waals surface area contributed by atoms with E-state index < -0.39 is 0 Å². The molecule has 0 aliphatic heterocycles. The fraction of sp³-hybridized carbons (Fsp3) is 0.192. The third-order valence-electron chi connectivity index (χ3n) is 13.5. The molecule has 0 saturated heterocycles. The molecule has 1 heteroatoms. The van der Waals surface area contributed by atoms with Gasteiger partial charge >= 0.3 is 0 Å². The molecule has 0 bridgehead atoms. The van der Waals surface area contributed by atoms with Gasteiger partial charge in [0.25, 0.3) is 0 Å². The maximum atomic E-state index is 2.65. The van der Waals surface area contributed by atoms with Crippen molar-refractivity contribution in [1.82, 2.24) is 0 Å². The van der Waals surface area contributed by atoms with Crippen LogP contribution >= 0.6 is 0 Å². The summed E-state index contributed by atoms with van der Waals surface area (Å²) in [6.45, 7) is 4.91. The van der Waals surface area contributed by atoms with E-state index in [0.29, 0.717) is 17.8 Å². The molecule has 0 heterocycles. The summed E-state index contributed by atoms with van der Waals surface area (Å²) >= 11 is 0.